The van der Waals surface area contributed by atoms with Crippen LogP contribution >= 0.6 is 11.3 Å². The van der Waals surface area contributed by atoms with Crippen LogP contribution in [0.25, 0.3) is 64.7 Å². The topological polar surface area (TPSA) is 42.4 Å². The van der Waals surface area contributed by atoms with Gasteiger partial charge in [0.2, 0.25) is 5.89 Å². The average Bonchev–Trinajstić information content (AvgIpc) is 3.74. The fraction of sp³-hybridized carbons (Fsp3) is 0. The van der Waals surface area contributed by atoms with Crippen molar-refractivity contribution >= 4 is 81.6 Å². The smallest absolute Gasteiger partial charge is 0.227 e. The monoisotopic (exact) mass is 558 g/mol. The predicted octanol–water partition coefficient (Wildman–Crippen LogP) is 11.2. The van der Waals surface area contributed by atoms with Crippen LogP contribution in [0.3, 0.4) is 0 Å². The summed E-state index contributed by atoms with van der Waals surface area (Å²) in [6.07, 6.45) is 0. The van der Waals surface area contributed by atoms with E-state index in [4.69, 9.17) is 13.8 Å². The zero-order chi connectivity index (χ0) is 27.6. The number of benzene rings is 6. The Morgan fingerprint density at radius 3 is 2.17 bits per heavy atom. The molecule has 0 fully saturated rings. The van der Waals surface area contributed by atoms with Crippen molar-refractivity contribution in [1.29, 1.82) is 0 Å². The number of hydrogen-bond acceptors (Lipinski definition) is 5. The molecular weight excluding hydrogens is 536 g/mol. The first-order valence-electron chi connectivity index (χ1n) is 13.9. The van der Waals surface area contributed by atoms with E-state index in [0.717, 1.165) is 55.7 Å². The molecule has 0 amide bonds. The molecule has 4 nitrogen and oxygen atoms in total. The van der Waals surface area contributed by atoms with Gasteiger partial charge in [0.05, 0.1) is 10.4 Å². The quantitative estimate of drug-likeness (QED) is 0.215. The van der Waals surface area contributed by atoms with Crippen LogP contribution in [0.15, 0.2) is 142 Å². The largest absolute Gasteiger partial charge is 0.456 e. The van der Waals surface area contributed by atoms with Gasteiger partial charge < -0.3 is 13.7 Å². The lowest BCUT2D eigenvalue weighted by Crippen LogP contribution is -2.09. The molecule has 3 heterocycles. The van der Waals surface area contributed by atoms with E-state index in [2.05, 4.69) is 95.9 Å². The number of oxazole rings is 1. The maximum absolute atomic E-state index is 6.29. The molecule has 0 atom stereocenters. The highest BCUT2D eigenvalue weighted by Crippen LogP contribution is 2.46. The molecule has 9 aromatic rings. The van der Waals surface area contributed by atoms with Gasteiger partial charge in [-0.3, -0.25) is 0 Å². The zero-order valence-corrected chi connectivity index (χ0v) is 23.1. The molecule has 0 spiro atoms. The Morgan fingerprint density at radius 1 is 0.524 bits per heavy atom. The number of nitrogens with zero attached hydrogens (tertiary/aromatic N) is 2. The van der Waals surface area contributed by atoms with Gasteiger partial charge in [-0.2, -0.15) is 0 Å². The van der Waals surface area contributed by atoms with E-state index in [1.807, 2.05) is 42.5 Å². The number of aromatic nitrogens is 1. The van der Waals surface area contributed by atoms with Gasteiger partial charge in [0.25, 0.3) is 0 Å². The summed E-state index contributed by atoms with van der Waals surface area (Å²) in [6, 6.07) is 46.1. The minimum Gasteiger partial charge on any atom is -0.456 e. The van der Waals surface area contributed by atoms with Gasteiger partial charge in [0.15, 0.2) is 5.58 Å². The molecule has 0 N–H and O–H groups in total. The summed E-state index contributed by atoms with van der Waals surface area (Å²) in [5.74, 6) is 0.643. The molecule has 6 aromatic carbocycles. The van der Waals surface area contributed by atoms with Crippen LogP contribution in [0.2, 0.25) is 0 Å². The lowest BCUT2D eigenvalue weighted by Gasteiger charge is -2.26. The highest BCUT2D eigenvalue weighted by Gasteiger charge is 2.20. The Hall–Kier alpha value is -5.39. The number of thiophene rings is 1. The number of hydrogen-bond donors (Lipinski definition) is 0. The Kier molecular flexibility index (Phi) is 5.03. The summed E-state index contributed by atoms with van der Waals surface area (Å²) in [4.78, 5) is 7.16. The van der Waals surface area contributed by atoms with Crippen LogP contribution in [-0.4, -0.2) is 4.98 Å². The first-order chi connectivity index (χ1) is 20.8. The van der Waals surface area contributed by atoms with Crippen molar-refractivity contribution in [3.05, 3.63) is 133 Å². The summed E-state index contributed by atoms with van der Waals surface area (Å²) < 4.78 is 14.9. The van der Waals surface area contributed by atoms with Crippen LogP contribution in [0.4, 0.5) is 17.1 Å². The highest BCUT2D eigenvalue weighted by molar-refractivity contribution is 7.26. The molecule has 3 aromatic heterocycles. The number of para-hydroxylation sites is 2. The third-order valence-electron chi connectivity index (χ3n) is 7.88. The number of furan rings is 1. The molecule has 198 valence electrons. The van der Waals surface area contributed by atoms with Crippen molar-refractivity contribution in [2.24, 2.45) is 0 Å². The van der Waals surface area contributed by atoms with Gasteiger partial charge in [-0.15, -0.1) is 11.3 Å². The van der Waals surface area contributed by atoms with E-state index >= 15 is 0 Å². The maximum Gasteiger partial charge on any atom is 0.227 e. The predicted molar refractivity (Wildman–Crippen MR) is 174 cm³/mol. The molecule has 5 heteroatoms. The van der Waals surface area contributed by atoms with Crippen LogP contribution in [0.1, 0.15) is 0 Å². The van der Waals surface area contributed by atoms with Gasteiger partial charge in [-0.05, 0) is 54.6 Å². The van der Waals surface area contributed by atoms with E-state index in [9.17, 15) is 0 Å². The molecule has 0 saturated carbocycles. The first kappa shape index (κ1) is 23.3. The third-order valence-corrected chi connectivity index (χ3v) is 9.07. The summed E-state index contributed by atoms with van der Waals surface area (Å²) >= 11 is 1.78. The number of fused-ring (bicyclic) bond motifs is 7. The summed E-state index contributed by atoms with van der Waals surface area (Å²) in [5, 5.41) is 4.63. The van der Waals surface area contributed by atoms with Crippen molar-refractivity contribution < 1.29 is 8.83 Å². The summed E-state index contributed by atoms with van der Waals surface area (Å²) in [7, 11) is 0. The third kappa shape index (κ3) is 3.57. The molecule has 0 unspecified atom stereocenters. The molecule has 0 saturated heterocycles. The van der Waals surface area contributed by atoms with E-state index < -0.39 is 0 Å². The number of rotatable bonds is 4. The molecule has 42 heavy (non-hydrogen) atoms. The van der Waals surface area contributed by atoms with Crippen LogP contribution in [0.5, 0.6) is 0 Å². The van der Waals surface area contributed by atoms with Gasteiger partial charge in [0.1, 0.15) is 16.7 Å². The van der Waals surface area contributed by atoms with Gasteiger partial charge >= 0.3 is 0 Å². The second-order valence-corrected chi connectivity index (χ2v) is 11.5. The Labute approximate surface area is 244 Å². The molecule has 0 aliphatic rings. The maximum atomic E-state index is 6.29. The number of anilines is 3. The van der Waals surface area contributed by atoms with Crippen LogP contribution in [0, 0.1) is 0 Å². The van der Waals surface area contributed by atoms with Crippen LogP contribution < -0.4 is 4.90 Å². The van der Waals surface area contributed by atoms with Crippen molar-refractivity contribution in [2.75, 3.05) is 4.90 Å². The summed E-state index contributed by atoms with van der Waals surface area (Å²) in [5.41, 5.74) is 7.65. The molecule has 0 aliphatic carbocycles. The van der Waals surface area contributed by atoms with Gasteiger partial charge in [-0.25, -0.2) is 4.98 Å². The van der Waals surface area contributed by atoms with Crippen molar-refractivity contribution in [1.82, 2.24) is 4.98 Å². The van der Waals surface area contributed by atoms with E-state index in [-0.39, 0.29) is 0 Å². The fourth-order valence-corrected chi connectivity index (χ4v) is 7.16. The Balaban J connectivity index is 1.25. The summed E-state index contributed by atoms with van der Waals surface area (Å²) in [6.45, 7) is 0. The minimum atomic E-state index is 0.643. The van der Waals surface area contributed by atoms with Crippen molar-refractivity contribution in [3.8, 4) is 11.5 Å². The van der Waals surface area contributed by atoms with E-state index in [0.29, 0.717) is 5.89 Å². The molecule has 9 rings (SSSR count). The van der Waals surface area contributed by atoms with E-state index in [1.54, 1.807) is 11.3 Å². The highest BCUT2D eigenvalue weighted by atomic mass is 32.1. The lowest BCUT2D eigenvalue weighted by molar-refractivity contribution is 0.620. The standard InChI is InChI=1S/C37H22N2O2S/c1-3-10-23(11-4-1)37-38-30-21-29-28-15-9-16-31(36(28)42-35(29)22-34(30)41-37)39(24-12-5-2-6-13-24)25-18-19-27-26-14-7-8-17-32(26)40-33(27)20-25/h1-22H. The zero-order valence-electron chi connectivity index (χ0n) is 22.3. The van der Waals surface area contributed by atoms with Gasteiger partial charge in [0, 0.05) is 55.3 Å². The van der Waals surface area contributed by atoms with Crippen molar-refractivity contribution in [2.45, 2.75) is 0 Å². The van der Waals surface area contributed by atoms with Crippen molar-refractivity contribution in [3.63, 3.8) is 0 Å². The average molecular weight is 559 g/mol. The normalized spacial score (nSPS) is 11.8. The molecule has 0 bridgehead atoms. The second kappa shape index (κ2) is 9.06. The molecule has 0 aliphatic heterocycles. The fourth-order valence-electron chi connectivity index (χ4n) is 5.94. The SMILES string of the molecule is c1ccc(-c2nc3cc4c(cc3o2)sc2c(N(c3ccccc3)c3ccc5c(c3)oc3ccccc35)cccc24)cc1. The minimum absolute atomic E-state index is 0.643. The Morgan fingerprint density at radius 2 is 1.29 bits per heavy atom. The van der Waals surface area contributed by atoms with Crippen LogP contribution in [-0.2, 0) is 0 Å². The second-order valence-electron chi connectivity index (χ2n) is 10.4. The van der Waals surface area contributed by atoms with E-state index in [1.165, 1.54) is 20.2 Å². The molecular formula is C37H22N2O2S. The first-order valence-corrected chi connectivity index (χ1v) is 14.7. The Bertz CT molecular complexity index is 2420. The lowest BCUT2D eigenvalue weighted by atomic mass is 10.1. The molecule has 0 radical (unpaired) electrons. The van der Waals surface area contributed by atoms with Gasteiger partial charge in [-0.1, -0.05) is 66.7 Å².